The van der Waals surface area contributed by atoms with Crippen molar-refractivity contribution in [1.29, 1.82) is 0 Å². The van der Waals surface area contributed by atoms with Crippen molar-refractivity contribution in [1.82, 2.24) is 0 Å². The van der Waals surface area contributed by atoms with Crippen LogP contribution < -0.4 is 16.8 Å². The topological polar surface area (TPSA) is 136 Å². The Balaban J connectivity index is 2.17. The smallest absolute Gasteiger partial charge is 0.337 e. The Labute approximate surface area is 175 Å². The molecule has 154 valence electrons. The number of carbonyl (C=O) groups is 1. The van der Waals surface area contributed by atoms with Crippen molar-refractivity contribution in [2.24, 2.45) is 0 Å². The fraction of sp³-hybridized carbons (Fsp3) is 0.0455. The maximum absolute atomic E-state index is 11.8. The van der Waals surface area contributed by atoms with Gasteiger partial charge in [0.1, 0.15) is 0 Å². The summed E-state index contributed by atoms with van der Waals surface area (Å²) in [5, 5.41) is 12.4. The third-order valence-corrected chi connectivity index (χ3v) is 5.39. The number of carboxylic acids is 1. The molecule has 0 heterocycles. The van der Waals surface area contributed by atoms with E-state index in [9.17, 15) is 18.3 Å². The van der Waals surface area contributed by atoms with Gasteiger partial charge in [-0.15, -0.1) is 0 Å². The minimum absolute atomic E-state index is 0.0113. The molecule has 0 radical (unpaired) electrons. The summed E-state index contributed by atoms with van der Waals surface area (Å²) in [6.07, 6.45) is 0. The van der Waals surface area contributed by atoms with Crippen LogP contribution in [0.25, 0.3) is 16.8 Å². The van der Waals surface area contributed by atoms with Crippen molar-refractivity contribution < 1.29 is 18.3 Å². The van der Waals surface area contributed by atoms with E-state index in [-0.39, 0.29) is 21.9 Å². The number of hydrogen-bond donors (Lipinski definition) is 5. The molecule has 6 N–H and O–H groups in total. The summed E-state index contributed by atoms with van der Waals surface area (Å²) in [5.74, 6) is -1.13. The van der Waals surface area contributed by atoms with Crippen LogP contribution in [0.2, 0.25) is 0 Å². The molecule has 0 aliphatic rings. The first-order valence-corrected chi connectivity index (χ1v) is 10.2. The summed E-state index contributed by atoms with van der Waals surface area (Å²) in [5.41, 5.74) is 15.5. The van der Waals surface area contributed by atoms with Crippen molar-refractivity contribution in [2.75, 3.05) is 16.8 Å². The molecule has 30 heavy (non-hydrogen) atoms. The quantitative estimate of drug-likeness (QED) is 0.302. The second kappa shape index (κ2) is 8.71. The van der Waals surface area contributed by atoms with Gasteiger partial charge < -0.3 is 21.9 Å². The minimum Gasteiger partial charge on any atom is -0.478 e. The highest BCUT2D eigenvalue weighted by Crippen LogP contribution is 2.32. The van der Waals surface area contributed by atoms with Gasteiger partial charge >= 0.3 is 5.97 Å². The van der Waals surface area contributed by atoms with Crippen LogP contribution in [-0.4, -0.2) is 19.5 Å². The van der Waals surface area contributed by atoms with E-state index in [1.54, 1.807) is 42.5 Å². The van der Waals surface area contributed by atoms with Crippen LogP contribution >= 0.6 is 0 Å². The Hall–Kier alpha value is -3.78. The maximum atomic E-state index is 11.8. The van der Waals surface area contributed by atoms with E-state index in [1.807, 2.05) is 18.2 Å². The Morgan fingerprint density at radius 2 is 1.53 bits per heavy atom. The van der Waals surface area contributed by atoms with Crippen molar-refractivity contribution in [2.45, 2.75) is 6.92 Å². The van der Waals surface area contributed by atoms with E-state index in [2.05, 4.69) is 5.32 Å². The van der Waals surface area contributed by atoms with E-state index in [0.717, 1.165) is 11.1 Å². The standard InChI is InChI=1S/C22H21N3O4S/c1-13(30(28)29)21(25-20-5-3-2-4-17(20)22(26)27)18-12-15(8-11-19(18)24)14-6-9-16(23)10-7-14/h2-12,25,30H,23-24H2,1H3,(H,26,27)/b21-13-. The highest BCUT2D eigenvalue weighted by molar-refractivity contribution is 7.77. The number of para-hydroxylation sites is 1. The number of nitrogens with two attached hydrogens (primary N) is 2. The molecule has 3 aromatic carbocycles. The van der Waals surface area contributed by atoms with Crippen LogP contribution in [-0.2, 0) is 10.7 Å². The average molecular weight is 423 g/mol. The summed E-state index contributed by atoms with van der Waals surface area (Å²) in [4.78, 5) is 11.6. The Bertz CT molecular complexity index is 1210. The lowest BCUT2D eigenvalue weighted by atomic mass is 9.99. The summed E-state index contributed by atoms with van der Waals surface area (Å²) in [7, 11) is -2.93. The van der Waals surface area contributed by atoms with Crippen molar-refractivity contribution >= 4 is 39.4 Å². The Morgan fingerprint density at radius 1 is 0.900 bits per heavy atom. The molecule has 0 aromatic heterocycles. The third-order valence-electron chi connectivity index (χ3n) is 4.62. The van der Waals surface area contributed by atoms with Crippen molar-refractivity contribution in [3.05, 3.63) is 82.8 Å². The molecule has 3 rings (SSSR count). The number of nitrogens with one attached hydrogen (secondary N) is 1. The molecule has 0 aliphatic heterocycles. The summed E-state index contributed by atoms with van der Waals surface area (Å²) in [6, 6.07) is 18.7. The molecule has 0 saturated heterocycles. The third kappa shape index (κ3) is 4.44. The predicted molar refractivity (Wildman–Crippen MR) is 121 cm³/mol. The lowest BCUT2D eigenvalue weighted by molar-refractivity contribution is 0.0698. The molecule has 0 unspecified atom stereocenters. The summed E-state index contributed by atoms with van der Waals surface area (Å²) < 4.78 is 23.6. The molecule has 7 nitrogen and oxygen atoms in total. The lowest BCUT2D eigenvalue weighted by Crippen LogP contribution is -2.09. The normalized spacial score (nSPS) is 11.8. The van der Waals surface area contributed by atoms with E-state index in [4.69, 9.17) is 11.5 Å². The number of allylic oxidation sites excluding steroid dienone is 1. The van der Waals surface area contributed by atoms with Crippen LogP contribution in [0, 0.1) is 0 Å². The highest BCUT2D eigenvalue weighted by Gasteiger charge is 2.17. The zero-order chi connectivity index (χ0) is 21.8. The van der Waals surface area contributed by atoms with E-state index < -0.39 is 16.7 Å². The predicted octanol–water partition coefficient (Wildman–Crippen LogP) is 3.63. The fourth-order valence-corrected chi connectivity index (χ4v) is 3.34. The summed E-state index contributed by atoms with van der Waals surface area (Å²) >= 11 is 0. The Morgan fingerprint density at radius 3 is 2.17 bits per heavy atom. The van der Waals surface area contributed by atoms with E-state index in [1.165, 1.54) is 13.0 Å². The second-order valence-corrected chi connectivity index (χ2v) is 7.80. The number of aromatic carboxylic acids is 1. The van der Waals surface area contributed by atoms with Gasteiger partial charge in [-0.25, -0.2) is 13.2 Å². The number of rotatable bonds is 6. The van der Waals surface area contributed by atoms with E-state index in [0.29, 0.717) is 16.9 Å². The molecular weight excluding hydrogens is 402 g/mol. The fourth-order valence-electron chi connectivity index (χ4n) is 2.99. The van der Waals surface area contributed by atoms with Crippen LogP contribution in [0.15, 0.2) is 71.6 Å². The monoisotopic (exact) mass is 423 g/mol. The molecule has 0 spiro atoms. The SMILES string of the molecule is C/C(=C(/Nc1ccccc1C(=O)O)c1cc(-c2ccc(N)cc2)ccc1N)[SH](=O)=O. The van der Waals surface area contributed by atoms with Gasteiger partial charge in [-0.05, 0) is 54.4 Å². The van der Waals surface area contributed by atoms with Gasteiger partial charge in [-0.1, -0.05) is 30.3 Å². The van der Waals surface area contributed by atoms with E-state index >= 15 is 0 Å². The molecule has 8 heteroatoms. The highest BCUT2D eigenvalue weighted by atomic mass is 32.2. The molecular formula is C22H21N3O4S. The lowest BCUT2D eigenvalue weighted by Gasteiger charge is -2.17. The van der Waals surface area contributed by atoms with Crippen molar-refractivity contribution in [3.63, 3.8) is 0 Å². The van der Waals surface area contributed by atoms with Gasteiger partial charge in [0.05, 0.1) is 21.9 Å². The number of carboxylic acid groups (broad SMARTS) is 1. The zero-order valence-corrected chi connectivity index (χ0v) is 17.0. The number of hydrogen-bond acceptors (Lipinski definition) is 6. The van der Waals surface area contributed by atoms with Crippen LogP contribution in [0.3, 0.4) is 0 Å². The number of nitrogen functional groups attached to an aromatic ring is 2. The zero-order valence-electron chi connectivity index (χ0n) is 16.1. The van der Waals surface area contributed by atoms with Gasteiger partial charge in [-0.2, -0.15) is 0 Å². The average Bonchev–Trinajstić information content (AvgIpc) is 2.73. The first kappa shape index (κ1) is 20.9. The second-order valence-electron chi connectivity index (χ2n) is 6.62. The van der Waals surface area contributed by atoms with Gasteiger partial charge in [0.15, 0.2) is 10.7 Å². The van der Waals surface area contributed by atoms with Crippen molar-refractivity contribution in [3.8, 4) is 11.1 Å². The first-order valence-electron chi connectivity index (χ1n) is 8.98. The van der Waals surface area contributed by atoms with Gasteiger partial charge in [0.2, 0.25) is 0 Å². The van der Waals surface area contributed by atoms with Gasteiger partial charge in [0.25, 0.3) is 0 Å². The molecule has 0 fully saturated rings. The first-order chi connectivity index (χ1) is 14.3. The molecule has 0 aliphatic carbocycles. The minimum atomic E-state index is -2.93. The van der Waals surface area contributed by atoms with Crippen LogP contribution in [0.1, 0.15) is 22.8 Å². The largest absolute Gasteiger partial charge is 0.478 e. The maximum Gasteiger partial charge on any atom is 0.337 e. The molecule has 3 aromatic rings. The van der Waals surface area contributed by atoms with Crippen LogP contribution in [0.5, 0.6) is 0 Å². The van der Waals surface area contributed by atoms with Gasteiger partial charge in [-0.3, -0.25) is 0 Å². The molecule has 0 amide bonds. The number of thiol groups is 1. The number of benzene rings is 3. The summed E-state index contributed by atoms with van der Waals surface area (Å²) in [6.45, 7) is 1.44. The van der Waals surface area contributed by atoms with Gasteiger partial charge in [0, 0.05) is 16.9 Å². The molecule has 0 saturated carbocycles. The molecule has 0 bridgehead atoms. The number of anilines is 3. The Kier molecular flexibility index (Phi) is 6.08. The molecule has 0 atom stereocenters. The van der Waals surface area contributed by atoms with Crippen LogP contribution in [0.4, 0.5) is 17.1 Å².